The molecule has 0 atom stereocenters. The summed E-state index contributed by atoms with van der Waals surface area (Å²) in [6, 6.07) is 13.0. The van der Waals surface area contributed by atoms with E-state index >= 15 is 0 Å². The Morgan fingerprint density at radius 1 is 0.952 bits per heavy atom. The molecule has 0 unspecified atom stereocenters. The zero-order valence-corrected chi connectivity index (χ0v) is 14.0. The Morgan fingerprint density at radius 3 is 1.95 bits per heavy atom. The van der Waals surface area contributed by atoms with Crippen molar-refractivity contribution in [1.82, 2.24) is 0 Å². The van der Waals surface area contributed by atoms with Crippen molar-refractivity contribution in [3.63, 3.8) is 0 Å². The fourth-order valence-electron chi connectivity index (χ4n) is 2.08. The van der Waals surface area contributed by atoms with Gasteiger partial charge < -0.3 is 0 Å². The number of hydrogen-bond donors (Lipinski definition) is 0. The van der Waals surface area contributed by atoms with E-state index in [-0.39, 0.29) is 21.0 Å². The molecule has 0 aliphatic carbocycles. The van der Waals surface area contributed by atoms with Crippen LogP contribution in [0.2, 0.25) is 10.0 Å². The minimum atomic E-state index is -3.73. The second kappa shape index (κ2) is 6.26. The quantitative estimate of drug-likeness (QED) is 0.813. The highest BCUT2D eigenvalue weighted by Crippen LogP contribution is 2.29. The van der Waals surface area contributed by atoms with Crippen LogP contribution in [-0.4, -0.2) is 14.5 Å². The molecule has 0 amide bonds. The monoisotopic (exact) mass is 343 g/mol. The lowest BCUT2D eigenvalue weighted by Gasteiger charge is -2.28. The van der Waals surface area contributed by atoms with Crippen molar-refractivity contribution in [2.75, 3.05) is 4.31 Å². The Balaban J connectivity index is 2.58. The molecule has 0 saturated carbocycles. The largest absolute Gasteiger partial charge is 0.264 e. The number of benzene rings is 2. The van der Waals surface area contributed by atoms with E-state index in [2.05, 4.69) is 0 Å². The Morgan fingerprint density at radius 2 is 1.48 bits per heavy atom. The van der Waals surface area contributed by atoms with Crippen LogP contribution in [0, 0.1) is 0 Å². The van der Waals surface area contributed by atoms with Gasteiger partial charge >= 0.3 is 0 Å². The van der Waals surface area contributed by atoms with Gasteiger partial charge in [-0.05, 0) is 44.2 Å². The van der Waals surface area contributed by atoms with Crippen LogP contribution in [0.25, 0.3) is 0 Å². The zero-order valence-electron chi connectivity index (χ0n) is 11.6. The van der Waals surface area contributed by atoms with Gasteiger partial charge in [0.1, 0.15) is 0 Å². The lowest BCUT2D eigenvalue weighted by molar-refractivity contribution is 0.584. The Hall–Kier alpha value is -1.23. The molecule has 0 saturated heterocycles. The summed E-state index contributed by atoms with van der Waals surface area (Å²) >= 11 is 11.8. The smallest absolute Gasteiger partial charge is 0.264 e. The third-order valence-corrected chi connectivity index (χ3v) is 5.29. The molecule has 2 rings (SSSR count). The van der Waals surface area contributed by atoms with Crippen LogP contribution in [0.3, 0.4) is 0 Å². The van der Waals surface area contributed by atoms with Gasteiger partial charge in [-0.25, -0.2) is 8.42 Å². The van der Waals surface area contributed by atoms with E-state index in [4.69, 9.17) is 23.2 Å². The van der Waals surface area contributed by atoms with Crippen molar-refractivity contribution >= 4 is 38.9 Å². The molecule has 3 nitrogen and oxygen atoms in total. The van der Waals surface area contributed by atoms with Crippen LogP contribution in [-0.2, 0) is 10.0 Å². The van der Waals surface area contributed by atoms with Gasteiger partial charge in [0.25, 0.3) is 10.0 Å². The van der Waals surface area contributed by atoms with Gasteiger partial charge in [-0.1, -0.05) is 41.4 Å². The molecule has 0 N–H and O–H groups in total. The van der Waals surface area contributed by atoms with Gasteiger partial charge in [0.2, 0.25) is 0 Å². The van der Waals surface area contributed by atoms with Crippen molar-refractivity contribution in [2.24, 2.45) is 0 Å². The Kier molecular flexibility index (Phi) is 4.81. The molecule has 112 valence electrons. The van der Waals surface area contributed by atoms with E-state index in [1.807, 2.05) is 19.9 Å². The topological polar surface area (TPSA) is 37.4 Å². The average Bonchev–Trinajstić information content (AvgIpc) is 2.38. The lowest BCUT2D eigenvalue weighted by atomic mass is 10.3. The molecular weight excluding hydrogens is 329 g/mol. The highest BCUT2D eigenvalue weighted by atomic mass is 35.5. The number of rotatable bonds is 4. The molecule has 21 heavy (non-hydrogen) atoms. The van der Waals surface area contributed by atoms with Crippen LogP contribution in [0.5, 0.6) is 0 Å². The minimum Gasteiger partial charge on any atom is -0.264 e. The standard InChI is InChI=1S/C15H15Cl2NO2S/c1-11(2)18(14-6-4-3-5-7-14)21(19,20)15-9-12(16)8-13(17)10-15/h3-11H,1-2H3. The summed E-state index contributed by atoms with van der Waals surface area (Å²) in [5.74, 6) is 0. The highest BCUT2D eigenvalue weighted by molar-refractivity contribution is 7.92. The molecule has 2 aromatic carbocycles. The molecule has 0 fully saturated rings. The van der Waals surface area contributed by atoms with Crippen molar-refractivity contribution in [3.8, 4) is 0 Å². The molecule has 0 aliphatic heterocycles. The summed E-state index contributed by atoms with van der Waals surface area (Å²) in [5, 5.41) is 0.579. The normalized spacial score (nSPS) is 11.7. The van der Waals surface area contributed by atoms with Crippen molar-refractivity contribution in [1.29, 1.82) is 0 Å². The van der Waals surface area contributed by atoms with E-state index in [1.165, 1.54) is 22.5 Å². The number of hydrogen-bond acceptors (Lipinski definition) is 2. The van der Waals surface area contributed by atoms with E-state index in [0.29, 0.717) is 5.69 Å². The average molecular weight is 344 g/mol. The molecule has 0 radical (unpaired) electrons. The van der Waals surface area contributed by atoms with E-state index in [9.17, 15) is 8.42 Å². The summed E-state index contributed by atoms with van der Waals surface area (Å²) in [4.78, 5) is 0.0811. The predicted molar refractivity (Wildman–Crippen MR) is 87.7 cm³/mol. The first-order valence-electron chi connectivity index (χ1n) is 6.38. The summed E-state index contributed by atoms with van der Waals surface area (Å²) < 4.78 is 27.1. The van der Waals surface area contributed by atoms with E-state index < -0.39 is 10.0 Å². The van der Waals surface area contributed by atoms with Gasteiger partial charge in [-0.3, -0.25) is 4.31 Å². The van der Waals surface area contributed by atoms with Gasteiger partial charge in [0.15, 0.2) is 0 Å². The SMILES string of the molecule is CC(C)N(c1ccccc1)S(=O)(=O)c1cc(Cl)cc(Cl)c1. The molecular formula is C15H15Cl2NO2S. The second-order valence-electron chi connectivity index (χ2n) is 4.84. The van der Waals surface area contributed by atoms with Crippen LogP contribution >= 0.6 is 23.2 Å². The van der Waals surface area contributed by atoms with E-state index in [0.717, 1.165) is 0 Å². The number of halogens is 2. The summed E-state index contributed by atoms with van der Waals surface area (Å²) in [5.41, 5.74) is 0.601. The van der Waals surface area contributed by atoms with Gasteiger partial charge in [0, 0.05) is 16.1 Å². The summed E-state index contributed by atoms with van der Waals surface area (Å²) in [6.07, 6.45) is 0. The molecule has 0 aliphatic rings. The van der Waals surface area contributed by atoms with Crippen molar-refractivity contribution < 1.29 is 8.42 Å². The fraction of sp³-hybridized carbons (Fsp3) is 0.200. The number of para-hydroxylation sites is 1. The number of sulfonamides is 1. The van der Waals surface area contributed by atoms with Crippen molar-refractivity contribution in [2.45, 2.75) is 24.8 Å². The molecule has 0 aromatic heterocycles. The molecule has 6 heteroatoms. The first-order chi connectivity index (χ1) is 9.82. The molecule has 2 aromatic rings. The Labute approximate surface area is 135 Å². The first kappa shape index (κ1) is 16.1. The van der Waals surface area contributed by atoms with E-state index in [1.54, 1.807) is 24.3 Å². The van der Waals surface area contributed by atoms with Gasteiger partial charge in [0.05, 0.1) is 10.6 Å². The van der Waals surface area contributed by atoms with Crippen LogP contribution < -0.4 is 4.31 Å². The third-order valence-electron chi connectivity index (χ3n) is 2.87. The maximum atomic E-state index is 12.9. The number of anilines is 1. The third kappa shape index (κ3) is 3.51. The molecule has 0 heterocycles. The summed E-state index contributed by atoms with van der Waals surface area (Å²) in [7, 11) is -3.73. The zero-order chi connectivity index (χ0) is 15.6. The predicted octanol–water partition coefficient (Wildman–Crippen LogP) is 4.60. The van der Waals surface area contributed by atoms with Crippen LogP contribution in [0.1, 0.15) is 13.8 Å². The minimum absolute atomic E-state index is 0.0811. The highest BCUT2D eigenvalue weighted by Gasteiger charge is 2.27. The molecule has 0 spiro atoms. The van der Waals surface area contributed by atoms with Crippen LogP contribution in [0.15, 0.2) is 53.4 Å². The lowest BCUT2D eigenvalue weighted by Crippen LogP contribution is -2.37. The maximum Gasteiger partial charge on any atom is 0.264 e. The van der Waals surface area contributed by atoms with Crippen molar-refractivity contribution in [3.05, 3.63) is 58.6 Å². The molecule has 0 bridgehead atoms. The number of nitrogens with zero attached hydrogens (tertiary/aromatic N) is 1. The van der Waals surface area contributed by atoms with Gasteiger partial charge in [-0.2, -0.15) is 0 Å². The first-order valence-corrected chi connectivity index (χ1v) is 8.57. The Bertz CT molecular complexity index is 710. The fourth-order valence-corrected chi connectivity index (χ4v) is 4.47. The van der Waals surface area contributed by atoms with Crippen LogP contribution in [0.4, 0.5) is 5.69 Å². The summed E-state index contributed by atoms with van der Waals surface area (Å²) in [6.45, 7) is 3.63. The maximum absolute atomic E-state index is 12.9. The van der Waals surface area contributed by atoms with Gasteiger partial charge in [-0.15, -0.1) is 0 Å². The second-order valence-corrected chi connectivity index (χ2v) is 7.52.